The van der Waals surface area contributed by atoms with Gasteiger partial charge in [0.2, 0.25) is 5.91 Å². The van der Waals surface area contributed by atoms with Crippen LogP contribution >= 0.6 is 0 Å². The predicted octanol–water partition coefficient (Wildman–Crippen LogP) is 4.31. The predicted molar refractivity (Wildman–Crippen MR) is 138 cm³/mol. The van der Waals surface area contributed by atoms with E-state index in [1.165, 1.54) is 13.2 Å². The molecule has 9 heteroatoms. The number of rotatable bonds is 9. The van der Waals surface area contributed by atoms with E-state index >= 15 is 0 Å². The Morgan fingerprint density at radius 2 is 1.71 bits per heavy atom. The molecule has 2 amide bonds. The summed E-state index contributed by atoms with van der Waals surface area (Å²) in [6, 6.07) is 2.24. The Balaban J connectivity index is 1.29. The van der Waals surface area contributed by atoms with E-state index in [-0.39, 0.29) is 58.3 Å². The standard InChI is InChI=1S/C29H39FN2O6/c1-28(10-11-28)15-31-26(34)23-16-4-5-17(12-16)24(23)32-25(33)19-13-22(20(30)14-21(19)37-3)38-18-6-8-29(2,9-7-18)27(35)36/h13-14,16-18,23-24H,4-12,15H2,1-3H3,(H,31,34)(H,32,33)(H,35,36). The molecule has 3 N–H and O–H groups in total. The highest BCUT2D eigenvalue weighted by Gasteiger charge is 2.52. The number of amides is 2. The molecule has 38 heavy (non-hydrogen) atoms. The van der Waals surface area contributed by atoms with Crippen LogP contribution < -0.4 is 20.1 Å². The van der Waals surface area contributed by atoms with Crippen LogP contribution in [0.2, 0.25) is 0 Å². The first kappa shape index (κ1) is 26.8. The van der Waals surface area contributed by atoms with Crippen molar-refractivity contribution in [1.29, 1.82) is 0 Å². The number of carboxylic acids is 1. The molecule has 4 aliphatic rings. The summed E-state index contributed by atoms with van der Waals surface area (Å²) in [5, 5.41) is 15.7. The molecule has 0 aliphatic heterocycles. The maximum atomic E-state index is 14.9. The summed E-state index contributed by atoms with van der Waals surface area (Å²) in [7, 11) is 1.38. The van der Waals surface area contributed by atoms with Crippen molar-refractivity contribution < 1.29 is 33.4 Å². The first-order valence-electron chi connectivity index (χ1n) is 13.9. The molecule has 8 nitrogen and oxygen atoms in total. The van der Waals surface area contributed by atoms with Crippen molar-refractivity contribution in [1.82, 2.24) is 10.6 Å². The molecule has 0 aromatic heterocycles. The summed E-state index contributed by atoms with van der Waals surface area (Å²) < 4.78 is 26.2. The van der Waals surface area contributed by atoms with Crippen LogP contribution in [0.1, 0.15) is 82.0 Å². The fraction of sp³-hybridized carbons (Fsp3) is 0.690. The van der Waals surface area contributed by atoms with Gasteiger partial charge in [-0.05, 0) is 88.0 Å². The second-order valence-corrected chi connectivity index (χ2v) is 12.6. The second-order valence-electron chi connectivity index (χ2n) is 12.6. The van der Waals surface area contributed by atoms with Crippen molar-refractivity contribution in [3.8, 4) is 11.5 Å². The lowest BCUT2D eigenvalue weighted by Crippen LogP contribution is -2.50. The van der Waals surface area contributed by atoms with Gasteiger partial charge in [-0.25, -0.2) is 4.39 Å². The number of aliphatic carboxylic acids is 1. The van der Waals surface area contributed by atoms with E-state index in [4.69, 9.17) is 9.47 Å². The Bertz CT molecular complexity index is 1110. The van der Waals surface area contributed by atoms with Gasteiger partial charge in [-0.3, -0.25) is 14.4 Å². The monoisotopic (exact) mass is 530 g/mol. The summed E-state index contributed by atoms with van der Waals surface area (Å²) in [6.07, 6.45) is 6.64. The van der Waals surface area contributed by atoms with Crippen LogP contribution in [0.25, 0.3) is 0 Å². The van der Waals surface area contributed by atoms with E-state index < -0.39 is 23.1 Å². The number of hydrogen-bond donors (Lipinski definition) is 3. The van der Waals surface area contributed by atoms with Gasteiger partial charge in [0.1, 0.15) is 5.75 Å². The lowest BCUT2D eigenvalue weighted by molar-refractivity contribution is -0.150. The highest BCUT2D eigenvalue weighted by Crippen LogP contribution is 2.49. The lowest BCUT2D eigenvalue weighted by Gasteiger charge is -2.34. The smallest absolute Gasteiger partial charge is 0.309 e. The zero-order valence-corrected chi connectivity index (χ0v) is 22.5. The molecule has 0 saturated heterocycles. The molecule has 208 valence electrons. The number of carbonyl (C=O) groups is 3. The largest absolute Gasteiger partial charge is 0.496 e. The average Bonchev–Trinajstić information content (AvgIpc) is 3.29. The van der Waals surface area contributed by atoms with Gasteiger partial charge in [0.15, 0.2) is 11.6 Å². The minimum absolute atomic E-state index is 0.0105. The molecule has 4 atom stereocenters. The van der Waals surface area contributed by atoms with Crippen molar-refractivity contribution in [3.05, 3.63) is 23.5 Å². The molecule has 4 aliphatic carbocycles. The van der Waals surface area contributed by atoms with Crippen molar-refractivity contribution >= 4 is 17.8 Å². The van der Waals surface area contributed by atoms with E-state index in [2.05, 4.69) is 17.6 Å². The molecular weight excluding hydrogens is 491 g/mol. The summed E-state index contributed by atoms with van der Waals surface area (Å²) in [5.74, 6) is -1.61. The Morgan fingerprint density at radius 3 is 2.34 bits per heavy atom. The minimum atomic E-state index is -0.833. The molecule has 4 saturated carbocycles. The molecule has 5 rings (SSSR count). The average molecular weight is 531 g/mol. The van der Waals surface area contributed by atoms with Crippen molar-refractivity contribution in [2.45, 2.75) is 83.8 Å². The molecular formula is C29H39FN2O6. The van der Waals surface area contributed by atoms with E-state index in [1.807, 2.05) is 0 Å². The van der Waals surface area contributed by atoms with Gasteiger partial charge in [0, 0.05) is 18.7 Å². The molecule has 0 heterocycles. The summed E-state index contributed by atoms with van der Waals surface area (Å²) >= 11 is 0. The fourth-order valence-electron chi connectivity index (χ4n) is 6.63. The third-order valence-electron chi connectivity index (χ3n) is 9.65. The van der Waals surface area contributed by atoms with Gasteiger partial charge < -0.3 is 25.2 Å². The molecule has 1 aromatic rings. The Morgan fingerprint density at radius 1 is 1.03 bits per heavy atom. The van der Waals surface area contributed by atoms with E-state index in [9.17, 15) is 23.9 Å². The summed E-state index contributed by atoms with van der Waals surface area (Å²) in [5.41, 5.74) is -0.444. The van der Waals surface area contributed by atoms with Crippen molar-refractivity contribution in [2.24, 2.45) is 28.6 Å². The number of methoxy groups -OCH3 is 1. The number of hydrogen-bond acceptors (Lipinski definition) is 5. The van der Waals surface area contributed by atoms with Gasteiger partial charge >= 0.3 is 5.97 Å². The van der Waals surface area contributed by atoms with Crippen molar-refractivity contribution in [2.75, 3.05) is 13.7 Å². The quantitative estimate of drug-likeness (QED) is 0.439. The maximum absolute atomic E-state index is 14.9. The van der Waals surface area contributed by atoms with Crippen LogP contribution in [0.15, 0.2) is 12.1 Å². The SMILES string of the molecule is COc1cc(F)c(OC2CCC(C)(C(=O)O)CC2)cc1C(=O)NC1C2CCC(C2)C1C(=O)NCC1(C)CC1. The third kappa shape index (κ3) is 5.21. The van der Waals surface area contributed by atoms with Gasteiger partial charge in [-0.2, -0.15) is 0 Å². The lowest BCUT2D eigenvalue weighted by atomic mass is 9.75. The van der Waals surface area contributed by atoms with Crippen LogP contribution in [-0.4, -0.2) is 48.7 Å². The molecule has 4 unspecified atom stereocenters. The number of halogens is 1. The number of nitrogens with one attached hydrogen (secondary N) is 2. The fourth-order valence-corrected chi connectivity index (χ4v) is 6.63. The van der Waals surface area contributed by atoms with Crippen molar-refractivity contribution in [3.63, 3.8) is 0 Å². The second kappa shape index (κ2) is 10.0. The molecule has 0 spiro atoms. The number of ether oxygens (including phenoxy) is 2. The van der Waals surface area contributed by atoms with E-state index in [0.29, 0.717) is 32.2 Å². The minimum Gasteiger partial charge on any atom is -0.496 e. The Hall–Kier alpha value is -2.84. The molecule has 1 aromatic carbocycles. The van der Waals surface area contributed by atoms with Crippen LogP contribution in [-0.2, 0) is 9.59 Å². The summed E-state index contributed by atoms with van der Waals surface area (Å²) in [6.45, 7) is 4.56. The number of benzene rings is 1. The highest BCUT2D eigenvalue weighted by molar-refractivity contribution is 5.98. The first-order chi connectivity index (χ1) is 18.0. The maximum Gasteiger partial charge on any atom is 0.309 e. The van der Waals surface area contributed by atoms with Gasteiger partial charge in [0.05, 0.1) is 30.1 Å². The molecule has 2 bridgehead atoms. The first-order valence-corrected chi connectivity index (χ1v) is 13.9. The number of carboxylic acid groups (broad SMARTS) is 1. The topological polar surface area (TPSA) is 114 Å². The normalized spacial score (nSPS) is 32.9. The van der Waals surface area contributed by atoms with Crippen LogP contribution in [0, 0.1) is 34.4 Å². The Kier molecular flexibility index (Phi) is 7.07. The summed E-state index contributed by atoms with van der Waals surface area (Å²) in [4.78, 5) is 38.2. The number of carbonyl (C=O) groups excluding carboxylic acids is 2. The molecule has 4 fully saturated rings. The zero-order chi connectivity index (χ0) is 27.2. The molecule has 0 radical (unpaired) electrons. The van der Waals surface area contributed by atoms with Gasteiger partial charge in [-0.1, -0.05) is 6.92 Å². The zero-order valence-electron chi connectivity index (χ0n) is 22.5. The Labute approximate surface area is 223 Å². The highest BCUT2D eigenvalue weighted by atomic mass is 19.1. The van der Waals surface area contributed by atoms with Crippen LogP contribution in [0.4, 0.5) is 4.39 Å². The van der Waals surface area contributed by atoms with E-state index in [1.54, 1.807) is 6.92 Å². The van der Waals surface area contributed by atoms with E-state index in [0.717, 1.165) is 38.2 Å². The van der Waals surface area contributed by atoms with Crippen LogP contribution in [0.3, 0.4) is 0 Å². The number of fused-ring (bicyclic) bond motifs is 2. The third-order valence-corrected chi connectivity index (χ3v) is 9.65. The van der Waals surface area contributed by atoms with Gasteiger partial charge in [-0.15, -0.1) is 0 Å². The van der Waals surface area contributed by atoms with Gasteiger partial charge in [0.25, 0.3) is 5.91 Å². The van der Waals surface area contributed by atoms with Crippen LogP contribution in [0.5, 0.6) is 11.5 Å².